The second kappa shape index (κ2) is 8.90. The Kier molecular flexibility index (Phi) is 6.10. The highest BCUT2D eigenvalue weighted by molar-refractivity contribution is 5.94. The Morgan fingerprint density at radius 1 is 0.852 bits per heavy atom. The van der Waals surface area contributed by atoms with Crippen molar-refractivity contribution >= 4 is 11.6 Å². The first-order valence-electron chi connectivity index (χ1n) is 8.83. The van der Waals surface area contributed by atoms with Crippen molar-refractivity contribution in [3.63, 3.8) is 0 Å². The van der Waals surface area contributed by atoms with Crippen molar-refractivity contribution in [2.45, 2.75) is 13.5 Å². The minimum absolute atomic E-state index is 0.0347. The van der Waals surface area contributed by atoms with E-state index in [1.807, 2.05) is 73.7 Å². The normalized spacial score (nSPS) is 10.3. The summed E-state index contributed by atoms with van der Waals surface area (Å²) in [7, 11) is 1.61. The highest BCUT2D eigenvalue weighted by Gasteiger charge is 2.17. The SMILES string of the molecule is COc1ccc(OCC(=O)N(Cc2ccccc2)c2ccc(C)cc2)cc1. The summed E-state index contributed by atoms with van der Waals surface area (Å²) in [6.45, 7) is 2.49. The number of nitrogens with zero attached hydrogens (tertiary/aromatic N) is 1. The molecule has 0 fully saturated rings. The fourth-order valence-electron chi connectivity index (χ4n) is 2.71. The molecule has 0 aliphatic heterocycles. The van der Waals surface area contributed by atoms with E-state index in [9.17, 15) is 4.79 Å². The molecule has 0 aliphatic carbocycles. The first kappa shape index (κ1) is 18.5. The Balaban J connectivity index is 1.74. The van der Waals surface area contributed by atoms with Crippen LogP contribution in [0.15, 0.2) is 78.9 Å². The fraction of sp³-hybridized carbons (Fsp3) is 0.174. The third-order valence-corrected chi connectivity index (χ3v) is 4.25. The zero-order valence-corrected chi connectivity index (χ0v) is 15.6. The number of methoxy groups -OCH3 is 1. The molecule has 1 amide bonds. The van der Waals surface area contributed by atoms with Crippen molar-refractivity contribution in [2.75, 3.05) is 18.6 Å². The number of amides is 1. The average Bonchev–Trinajstić information content (AvgIpc) is 2.72. The van der Waals surface area contributed by atoms with Crippen LogP contribution in [0, 0.1) is 6.92 Å². The van der Waals surface area contributed by atoms with Crippen LogP contribution >= 0.6 is 0 Å². The van der Waals surface area contributed by atoms with Gasteiger partial charge in [0, 0.05) is 5.69 Å². The molecule has 3 aromatic rings. The van der Waals surface area contributed by atoms with Crippen LogP contribution in [0.4, 0.5) is 5.69 Å². The standard InChI is InChI=1S/C23H23NO3/c1-18-8-10-20(11-9-18)24(16-19-6-4-3-5-7-19)23(25)17-27-22-14-12-21(26-2)13-15-22/h3-15H,16-17H2,1-2H3. The van der Waals surface area contributed by atoms with Gasteiger partial charge >= 0.3 is 0 Å². The van der Waals surface area contributed by atoms with Crippen LogP contribution in [-0.4, -0.2) is 19.6 Å². The van der Waals surface area contributed by atoms with Gasteiger partial charge in [-0.1, -0.05) is 48.0 Å². The van der Waals surface area contributed by atoms with Crippen LogP contribution in [-0.2, 0) is 11.3 Å². The second-order valence-corrected chi connectivity index (χ2v) is 6.27. The van der Waals surface area contributed by atoms with Gasteiger partial charge in [0.2, 0.25) is 0 Å². The number of hydrogen-bond donors (Lipinski definition) is 0. The van der Waals surface area contributed by atoms with Crippen molar-refractivity contribution < 1.29 is 14.3 Å². The maximum absolute atomic E-state index is 12.9. The Hall–Kier alpha value is -3.27. The molecule has 27 heavy (non-hydrogen) atoms. The van der Waals surface area contributed by atoms with E-state index in [1.54, 1.807) is 24.1 Å². The maximum Gasteiger partial charge on any atom is 0.265 e. The number of aryl methyl sites for hydroxylation is 1. The van der Waals surface area contributed by atoms with Crippen LogP contribution in [0.2, 0.25) is 0 Å². The third kappa shape index (κ3) is 5.11. The number of benzene rings is 3. The smallest absolute Gasteiger partial charge is 0.265 e. The highest BCUT2D eigenvalue weighted by Crippen LogP contribution is 2.20. The van der Waals surface area contributed by atoms with Crippen LogP contribution in [0.3, 0.4) is 0 Å². The lowest BCUT2D eigenvalue weighted by Gasteiger charge is -2.23. The number of ether oxygens (including phenoxy) is 2. The van der Waals surface area contributed by atoms with Crippen molar-refractivity contribution in [1.29, 1.82) is 0 Å². The van der Waals surface area contributed by atoms with Gasteiger partial charge in [0.15, 0.2) is 6.61 Å². The molecule has 0 atom stereocenters. The molecule has 3 rings (SSSR count). The van der Waals surface area contributed by atoms with Gasteiger partial charge < -0.3 is 14.4 Å². The van der Waals surface area contributed by atoms with E-state index in [2.05, 4.69) is 0 Å². The third-order valence-electron chi connectivity index (χ3n) is 4.25. The molecule has 0 saturated heterocycles. The minimum Gasteiger partial charge on any atom is -0.497 e. The zero-order valence-electron chi connectivity index (χ0n) is 15.6. The molecule has 0 spiro atoms. The van der Waals surface area contributed by atoms with Crippen molar-refractivity contribution in [3.05, 3.63) is 90.0 Å². The predicted molar refractivity (Wildman–Crippen MR) is 107 cm³/mol. The van der Waals surface area contributed by atoms with E-state index in [0.29, 0.717) is 12.3 Å². The molecule has 4 heteroatoms. The van der Waals surface area contributed by atoms with E-state index in [0.717, 1.165) is 22.6 Å². The average molecular weight is 361 g/mol. The van der Waals surface area contributed by atoms with Crippen LogP contribution in [0.25, 0.3) is 0 Å². The number of anilines is 1. The molecule has 0 unspecified atom stereocenters. The molecular formula is C23H23NO3. The van der Waals surface area contributed by atoms with Crippen molar-refractivity contribution in [3.8, 4) is 11.5 Å². The Morgan fingerprint density at radius 3 is 2.11 bits per heavy atom. The Morgan fingerprint density at radius 2 is 1.48 bits per heavy atom. The lowest BCUT2D eigenvalue weighted by atomic mass is 10.1. The minimum atomic E-state index is -0.0986. The molecule has 0 N–H and O–H groups in total. The maximum atomic E-state index is 12.9. The Labute approximate surface area is 160 Å². The quantitative estimate of drug-likeness (QED) is 0.616. The lowest BCUT2D eigenvalue weighted by molar-refractivity contribution is -0.120. The summed E-state index contributed by atoms with van der Waals surface area (Å²) in [6, 6.07) is 25.1. The van der Waals surface area contributed by atoms with E-state index >= 15 is 0 Å². The van der Waals surface area contributed by atoms with E-state index < -0.39 is 0 Å². The van der Waals surface area contributed by atoms with Gasteiger partial charge in [0.1, 0.15) is 11.5 Å². The van der Waals surface area contributed by atoms with Crippen LogP contribution < -0.4 is 14.4 Å². The molecule has 0 heterocycles. The van der Waals surface area contributed by atoms with Gasteiger partial charge in [-0.05, 0) is 48.9 Å². The van der Waals surface area contributed by atoms with E-state index in [1.165, 1.54) is 0 Å². The number of carbonyl (C=O) groups excluding carboxylic acids is 1. The number of carbonyl (C=O) groups is 1. The molecule has 138 valence electrons. The molecule has 0 aliphatic rings. The van der Waals surface area contributed by atoms with E-state index in [-0.39, 0.29) is 12.5 Å². The molecule has 0 bridgehead atoms. The summed E-state index contributed by atoms with van der Waals surface area (Å²) >= 11 is 0. The summed E-state index contributed by atoms with van der Waals surface area (Å²) in [4.78, 5) is 14.7. The monoisotopic (exact) mass is 361 g/mol. The van der Waals surface area contributed by atoms with Gasteiger partial charge in [-0.3, -0.25) is 4.79 Å². The summed E-state index contributed by atoms with van der Waals surface area (Å²) in [5, 5.41) is 0. The summed E-state index contributed by atoms with van der Waals surface area (Å²) in [5.41, 5.74) is 3.07. The Bertz CT molecular complexity index is 858. The molecule has 0 radical (unpaired) electrons. The number of hydrogen-bond acceptors (Lipinski definition) is 3. The lowest BCUT2D eigenvalue weighted by Crippen LogP contribution is -2.34. The fourth-order valence-corrected chi connectivity index (χ4v) is 2.71. The first-order chi connectivity index (χ1) is 13.2. The first-order valence-corrected chi connectivity index (χ1v) is 8.83. The summed E-state index contributed by atoms with van der Waals surface area (Å²) in [5.74, 6) is 1.28. The number of rotatable bonds is 7. The summed E-state index contributed by atoms with van der Waals surface area (Å²) in [6.07, 6.45) is 0. The zero-order chi connectivity index (χ0) is 19.1. The van der Waals surface area contributed by atoms with Gasteiger partial charge in [0.25, 0.3) is 5.91 Å². The topological polar surface area (TPSA) is 38.8 Å². The molecule has 4 nitrogen and oxygen atoms in total. The van der Waals surface area contributed by atoms with Crippen molar-refractivity contribution in [2.24, 2.45) is 0 Å². The van der Waals surface area contributed by atoms with Gasteiger partial charge in [-0.15, -0.1) is 0 Å². The molecule has 0 saturated carbocycles. The second-order valence-electron chi connectivity index (χ2n) is 6.27. The molecule has 3 aromatic carbocycles. The van der Waals surface area contributed by atoms with Crippen LogP contribution in [0.5, 0.6) is 11.5 Å². The van der Waals surface area contributed by atoms with Gasteiger partial charge in [-0.25, -0.2) is 0 Å². The molecular weight excluding hydrogens is 338 g/mol. The van der Waals surface area contributed by atoms with Gasteiger partial charge in [0.05, 0.1) is 13.7 Å². The highest BCUT2D eigenvalue weighted by atomic mass is 16.5. The largest absolute Gasteiger partial charge is 0.497 e. The van der Waals surface area contributed by atoms with Crippen molar-refractivity contribution in [1.82, 2.24) is 0 Å². The van der Waals surface area contributed by atoms with E-state index in [4.69, 9.17) is 9.47 Å². The molecule has 0 aromatic heterocycles. The summed E-state index contributed by atoms with van der Waals surface area (Å²) < 4.78 is 10.8. The van der Waals surface area contributed by atoms with Gasteiger partial charge in [-0.2, -0.15) is 0 Å². The van der Waals surface area contributed by atoms with Crippen LogP contribution in [0.1, 0.15) is 11.1 Å². The predicted octanol–water partition coefficient (Wildman–Crippen LogP) is 4.62.